The van der Waals surface area contributed by atoms with Gasteiger partial charge in [0, 0.05) is 39.3 Å². The Kier molecular flexibility index (Phi) is 6.39. The monoisotopic (exact) mass is 405 g/mol. The van der Waals surface area contributed by atoms with Gasteiger partial charge in [-0.15, -0.1) is 0 Å². The summed E-state index contributed by atoms with van der Waals surface area (Å²) in [5.41, 5.74) is 1.34. The third kappa shape index (κ3) is 4.69. The Morgan fingerprint density at radius 3 is 1.24 bits per heavy atom. The van der Waals surface area contributed by atoms with Crippen LogP contribution in [0.4, 0.5) is 0 Å². The van der Waals surface area contributed by atoms with E-state index in [1.807, 2.05) is 66.7 Å². The first kappa shape index (κ1) is 20.7. The first-order valence-corrected chi connectivity index (χ1v) is 10.5. The number of amides is 2. The van der Waals surface area contributed by atoms with Crippen LogP contribution in [0.2, 0.25) is 0 Å². The third-order valence-corrected chi connectivity index (χ3v) is 6.70. The lowest BCUT2D eigenvalue weighted by atomic mass is 10.2. The van der Waals surface area contributed by atoms with Crippen LogP contribution < -0.4 is 0 Å². The van der Waals surface area contributed by atoms with Crippen LogP contribution in [0, 0.1) is 0 Å². The smallest absolute Gasteiger partial charge is 0.253 e. The number of carbonyl (C=O) groups is 2. The third-order valence-electron chi connectivity index (χ3n) is 4.47. The van der Waals surface area contributed by atoms with E-state index in [0.717, 1.165) is 9.79 Å². The summed E-state index contributed by atoms with van der Waals surface area (Å²) in [6.07, 6.45) is 0. The zero-order valence-corrected chi connectivity index (χ0v) is 17.9. The minimum Gasteiger partial charge on any atom is -0.345 e. The van der Waals surface area contributed by atoms with E-state index in [1.165, 1.54) is 4.90 Å². The maximum absolute atomic E-state index is 12.2. The van der Waals surface area contributed by atoms with Crippen LogP contribution in [0.3, 0.4) is 0 Å². The van der Waals surface area contributed by atoms with Gasteiger partial charge >= 0.3 is 0 Å². The molecule has 0 spiro atoms. The summed E-state index contributed by atoms with van der Waals surface area (Å²) < 4.78 is 0. The first-order valence-electron chi connectivity index (χ1n) is 9.31. The lowest BCUT2D eigenvalue weighted by Crippen LogP contribution is -2.21. The van der Waals surface area contributed by atoms with E-state index in [1.54, 1.807) is 38.0 Å². The SMILES string of the molecule is CN(C)C(=O)c1ccc([S+](c2ccccc2)c2ccc(C(=O)N(C)C)cc2)cc1. The Hall–Kier alpha value is -3.05. The van der Waals surface area contributed by atoms with Crippen LogP contribution in [-0.2, 0) is 10.9 Å². The largest absolute Gasteiger partial charge is 0.345 e. The van der Waals surface area contributed by atoms with E-state index in [-0.39, 0.29) is 22.7 Å². The molecular weight excluding hydrogens is 380 g/mol. The van der Waals surface area contributed by atoms with Gasteiger partial charge in [-0.05, 0) is 60.7 Å². The average molecular weight is 406 g/mol. The van der Waals surface area contributed by atoms with E-state index in [2.05, 4.69) is 12.1 Å². The number of rotatable bonds is 5. The Labute approximate surface area is 175 Å². The molecule has 0 aliphatic heterocycles. The van der Waals surface area contributed by atoms with Crippen molar-refractivity contribution in [3.05, 3.63) is 90.0 Å². The molecule has 0 aromatic heterocycles. The predicted octanol–water partition coefficient (Wildman–Crippen LogP) is 4.19. The van der Waals surface area contributed by atoms with Gasteiger partial charge in [-0.25, -0.2) is 0 Å². The molecule has 0 bridgehead atoms. The lowest BCUT2D eigenvalue weighted by molar-refractivity contribution is 0.0820. The van der Waals surface area contributed by atoms with E-state index in [0.29, 0.717) is 11.1 Å². The van der Waals surface area contributed by atoms with Gasteiger partial charge in [0.05, 0.1) is 10.9 Å². The van der Waals surface area contributed by atoms with Crippen molar-refractivity contribution in [1.82, 2.24) is 9.80 Å². The molecule has 0 N–H and O–H groups in total. The van der Waals surface area contributed by atoms with Crippen molar-refractivity contribution in [3.63, 3.8) is 0 Å². The van der Waals surface area contributed by atoms with Crippen molar-refractivity contribution in [2.45, 2.75) is 14.7 Å². The van der Waals surface area contributed by atoms with Crippen LogP contribution in [0.1, 0.15) is 20.7 Å². The average Bonchev–Trinajstić information content (AvgIpc) is 2.74. The fraction of sp³-hybridized carbons (Fsp3) is 0.167. The second-order valence-electron chi connectivity index (χ2n) is 7.07. The molecule has 0 aliphatic rings. The van der Waals surface area contributed by atoms with Crippen molar-refractivity contribution in [2.75, 3.05) is 28.2 Å². The lowest BCUT2D eigenvalue weighted by Gasteiger charge is -2.12. The van der Waals surface area contributed by atoms with E-state index in [9.17, 15) is 9.59 Å². The molecule has 0 unspecified atom stereocenters. The van der Waals surface area contributed by atoms with Crippen molar-refractivity contribution in [2.24, 2.45) is 0 Å². The summed E-state index contributed by atoms with van der Waals surface area (Å²) in [7, 11) is 6.68. The summed E-state index contributed by atoms with van der Waals surface area (Å²) in [5, 5.41) is 0. The zero-order chi connectivity index (χ0) is 21.0. The van der Waals surface area contributed by atoms with Crippen molar-refractivity contribution >= 4 is 22.7 Å². The van der Waals surface area contributed by atoms with Gasteiger partial charge in [-0.2, -0.15) is 0 Å². The maximum atomic E-state index is 12.2. The molecule has 3 aromatic carbocycles. The Bertz CT molecular complexity index is 918. The molecule has 3 aromatic rings. The van der Waals surface area contributed by atoms with Crippen molar-refractivity contribution in [1.29, 1.82) is 0 Å². The van der Waals surface area contributed by atoms with E-state index < -0.39 is 0 Å². The highest BCUT2D eigenvalue weighted by molar-refractivity contribution is 7.97. The summed E-state index contributed by atoms with van der Waals surface area (Å²) >= 11 is 0. The summed E-state index contributed by atoms with van der Waals surface area (Å²) in [6, 6.07) is 25.9. The standard InChI is InChI=1S/C24H25N2O2S/c1-25(2)23(27)18-10-14-21(15-11-18)29(20-8-6-5-7-9-20)22-16-12-19(13-17-22)24(28)26(3)4/h5-17H,1-4H3/q+1. The molecule has 3 rings (SSSR count). The minimum absolute atomic E-state index is 0.0114. The van der Waals surface area contributed by atoms with Gasteiger partial charge in [-0.3, -0.25) is 9.59 Å². The Balaban J connectivity index is 2.00. The number of nitrogens with zero attached hydrogens (tertiary/aromatic N) is 2. The number of carbonyl (C=O) groups excluding carboxylic acids is 2. The normalized spacial score (nSPS) is 10.7. The van der Waals surface area contributed by atoms with Crippen molar-refractivity contribution < 1.29 is 9.59 Å². The highest BCUT2D eigenvalue weighted by Gasteiger charge is 2.29. The summed E-state index contributed by atoms with van der Waals surface area (Å²) in [6.45, 7) is 0. The van der Waals surface area contributed by atoms with E-state index >= 15 is 0 Å². The molecule has 0 aliphatic carbocycles. The van der Waals surface area contributed by atoms with E-state index in [4.69, 9.17) is 0 Å². The Morgan fingerprint density at radius 1 is 0.552 bits per heavy atom. The topological polar surface area (TPSA) is 40.6 Å². The van der Waals surface area contributed by atoms with Crippen LogP contribution >= 0.6 is 0 Å². The van der Waals surface area contributed by atoms with Gasteiger partial charge in [-0.1, -0.05) is 18.2 Å². The quantitative estimate of drug-likeness (QED) is 0.598. The molecule has 148 valence electrons. The molecule has 0 radical (unpaired) electrons. The number of hydrogen-bond donors (Lipinski definition) is 0. The van der Waals surface area contributed by atoms with Gasteiger partial charge in [0.25, 0.3) is 11.8 Å². The van der Waals surface area contributed by atoms with Crippen LogP contribution in [0.25, 0.3) is 0 Å². The molecule has 0 fully saturated rings. The predicted molar refractivity (Wildman–Crippen MR) is 118 cm³/mol. The first-order chi connectivity index (χ1) is 13.9. The molecule has 5 heteroatoms. The second-order valence-corrected chi connectivity index (χ2v) is 9.09. The van der Waals surface area contributed by atoms with Gasteiger partial charge in [0.2, 0.25) is 0 Å². The molecule has 2 amide bonds. The maximum Gasteiger partial charge on any atom is 0.253 e. The Morgan fingerprint density at radius 2 is 0.897 bits per heavy atom. The molecule has 4 nitrogen and oxygen atoms in total. The molecule has 0 saturated carbocycles. The summed E-state index contributed by atoms with van der Waals surface area (Å²) in [4.78, 5) is 31.0. The van der Waals surface area contributed by atoms with Crippen LogP contribution in [-0.4, -0.2) is 49.8 Å². The second kappa shape index (κ2) is 8.97. The summed E-state index contributed by atoms with van der Waals surface area (Å²) in [5.74, 6) is -0.0228. The molecule has 0 atom stereocenters. The number of benzene rings is 3. The molecule has 0 saturated heterocycles. The highest BCUT2D eigenvalue weighted by atomic mass is 32.2. The highest BCUT2D eigenvalue weighted by Crippen LogP contribution is 2.31. The van der Waals surface area contributed by atoms with Gasteiger partial charge < -0.3 is 9.80 Å². The van der Waals surface area contributed by atoms with Crippen LogP contribution in [0.5, 0.6) is 0 Å². The molecule has 29 heavy (non-hydrogen) atoms. The number of hydrogen-bond acceptors (Lipinski definition) is 2. The van der Waals surface area contributed by atoms with Gasteiger partial charge in [0.1, 0.15) is 0 Å². The molecule has 0 heterocycles. The van der Waals surface area contributed by atoms with Crippen LogP contribution in [0.15, 0.2) is 93.5 Å². The fourth-order valence-corrected chi connectivity index (χ4v) is 5.01. The van der Waals surface area contributed by atoms with Gasteiger partial charge in [0.15, 0.2) is 14.7 Å². The fourth-order valence-electron chi connectivity index (χ4n) is 2.95. The minimum atomic E-state index is -0.329. The van der Waals surface area contributed by atoms with Crippen molar-refractivity contribution in [3.8, 4) is 0 Å². The zero-order valence-electron chi connectivity index (χ0n) is 17.1. The molecular formula is C24H25N2O2S+.